The average molecular weight is 309 g/mol. The van der Waals surface area contributed by atoms with Crippen LogP contribution in [-0.4, -0.2) is 21.5 Å². The van der Waals surface area contributed by atoms with Crippen LogP contribution in [0.3, 0.4) is 0 Å². The van der Waals surface area contributed by atoms with Crippen LogP contribution in [0.1, 0.15) is 14.5 Å². The summed E-state index contributed by atoms with van der Waals surface area (Å²) in [6, 6.07) is 0.305. The van der Waals surface area contributed by atoms with Gasteiger partial charge in [0.1, 0.15) is 14.6 Å². The minimum absolute atomic E-state index is 0.0372. The van der Waals surface area contributed by atoms with Crippen LogP contribution in [0.25, 0.3) is 0 Å². The van der Waals surface area contributed by atoms with Crippen molar-refractivity contribution in [1.82, 2.24) is 0 Å². The SMILES string of the molecule is COC(=O)c1sc(C(F)(F)F)cc1S(=O)(=O)Cl. The molecule has 0 fully saturated rings. The fourth-order valence-corrected chi connectivity index (χ4v) is 3.36. The van der Waals surface area contributed by atoms with Crippen LogP contribution in [-0.2, 0) is 20.0 Å². The summed E-state index contributed by atoms with van der Waals surface area (Å²) in [4.78, 5) is 8.28. The molecule has 0 aliphatic carbocycles. The number of rotatable bonds is 2. The van der Waals surface area contributed by atoms with Gasteiger partial charge in [0, 0.05) is 10.7 Å². The first kappa shape index (κ1) is 14.3. The summed E-state index contributed by atoms with van der Waals surface area (Å²) in [7, 11) is 1.40. The van der Waals surface area contributed by atoms with E-state index < -0.39 is 35.8 Å². The van der Waals surface area contributed by atoms with Crippen molar-refractivity contribution >= 4 is 37.0 Å². The van der Waals surface area contributed by atoms with Crippen LogP contribution >= 0.6 is 22.0 Å². The Morgan fingerprint density at radius 2 is 2.00 bits per heavy atom. The number of alkyl halides is 3. The smallest absolute Gasteiger partial charge is 0.425 e. The Morgan fingerprint density at radius 3 is 2.35 bits per heavy atom. The molecule has 0 aliphatic heterocycles. The second kappa shape index (κ2) is 4.46. The van der Waals surface area contributed by atoms with Gasteiger partial charge >= 0.3 is 12.1 Å². The molecule has 0 spiro atoms. The molecule has 0 saturated carbocycles. The molecule has 0 radical (unpaired) electrons. The summed E-state index contributed by atoms with van der Waals surface area (Å²) >= 11 is -0.0372. The molecule has 1 heterocycles. The van der Waals surface area contributed by atoms with Gasteiger partial charge in [0.15, 0.2) is 0 Å². The number of methoxy groups -OCH3 is 1. The van der Waals surface area contributed by atoms with E-state index in [9.17, 15) is 26.4 Å². The van der Waals surface area contributed by atoms with Gasteiger partial charge in [-0.3, -0.25) is 0 Å². The Kier molecular flexibility index (Phi) is 3.75. The zero-order chi connectivity index (χ0) is 13.4. The molecule has 0 bridgehead atoms. The lowest BCUT2D eigenvalue weighted by Crippen LogP contribution is -2.03. The lowest BCUT2D eigenvalue weighted by Gasteiger charge is -2.00. The van der Waals surface area contributed by atoms with E-state index in [1.54, 1.807) is 0 Å². The summed E-state index contributed by atoms with van der Waals surface area (Å²) in [6.07, 6.45) is -4.76. The maximum Gasteiger partial charge on any atom is 0.425 e. The molecule has 10 heteroatoms. The first-order chi connectivity index (χ1) is 7.57. The van der Waals surface area contributed by atoms with E-state index in [2.05, 4.69) is 4.74 Å². The summed E-state index contributed by atoms with van der Waals surface area (Å²) < 4.78 is 63.3. The van der Waals surface area contributed by atoms with Gasteiger partial charge in [-0.25, -0.2) is 13.2 Å². The zero-order valence-corrected chi connectivity index (χ0v) is 10.4. The number of hydrogen-bond acceptors (Lipinski definition) is 5. The predicted molar refractivity (Wildman–Crippen MR) is 53.7 cm³/mol. The average Bonchev–Trinajstić information content (AvgIpc) is 2.59. The van der Waals surface area contributed by atoms with Crippen molar-refractivity contribution in [2.75, 3.05) is 7.11 Å². The molecule has 0 aliphatic rings. The van der Waals surface area contributed by atoms with E-state index in [1.807, 2.05) is 0 Å². The standard InChI is InChI=1S/C7H4ClF3O4S2/c1-15-6(12)5-3(17(8,13)14)2-4(16-5)7(9,10)11/h2H,1H3. The lowest BCUT2D eigenvalue weighted by atomic mass is 10.4. The minimum atomic E-state index is -4.76. The number of carbonyl (C=O) groups excluding carboxylic acids is 1. The van der Waals surface area contributed by atoms with Gasteiger partial charge in [0.2, 0.25) is 0 Å². The molecule has 1 aromatic rings. The van der Waals surface area contributed by atoms with E-state index in [0.29, 0.717) is 6.07 Å². The molecule has 1 rings (SSSR count). The summed E-state index contributed by atoms with van der Waals surface area (Å²) in [5.41, 5.74) is 0. The molecule has 4 nitrogen and oxygen atoms in total. The molecule has 0 amide bonds. The van der Waals surface area contributed by atoms with Gasteiger partial charge in [0.05, 0.1) is 7.11 Å². The van der Waals surface area contributed by atoms with Crippen LogP contribution < -0.4 is 0 Å². The Balaban J connectivity index is 3.48. The van der Waals surface area contributed by atoms with Crippen molar-refractivity contribution in [3.05, 3.63) is 15.8 Å². The summed E-state index contributed by atoms with van der Waals surface area (Å²) in [5.74, 6) is -1.19. The molecule has 0 saturated heterocycles. The number of esters is 1. The van der Waals surface area contributed by atoms with Gasteiger partial charge in [-0.1, -0.05) is 0 Å². The zero-order valence-electron chi connectivity index (χ0n) is 8.04. The van der Waals surface area contributed by atoms with Gasteiger partial charge in [-0.2, -0.15) is 13.2 Å². The lowest BCUT2D eigenvalue weighted by molar-refractivity contribution is -0.134. The van der Waals surface area contributed by atoms with E-state index in [1.165, 1.54) is 0 Å². The van der Waals surface area contributed by atoms with Crippen molar-refractivity contribution in [3.8, 4) is 0 Å². The van der Waals surface area contributed by atoms with Gasteiger partial charge in [-0.15, -0.1) is 11.3 Å². The highest BCUT2D eigenvalue weighted by Gasteiger charge is 2.37. The molecule has 0 aromatic carbocycles. The largest absolute Gasteiger partial charge is 0.465 e. The fourth-order valence-electron chi connectivity index (χ4n) is 0.930. The van der Waals surface area contributed by atoms with Crippen LogP contribution in [0.4, 0.5) is 13.2 Å². The molecule has 1 aromatic heterocycles. The van der Waals surface area contributed by atoms with Crippen LogP contribution in [0.2, 0.25) is 0 Å². The third kappa shape index (κ3) is 3.11. The maximum absolute atomic E-state index is 12.4. The third-order valence-electron chi connectivity index (χ3n) is 1.61. The molecule has 0 N–H and O–H groups in total. The summed E-state index contributed by atoms with van der Waals surface area (Å²) in [5, 5.41) is 0. The number of halogens is 4. The number of thiophene rings is 1. The Hall–Kier alpha value is -0.800. The van der Waals surface area contributed by atoms with Crippen molar-refractivity contribution in [2.45, 2.75) is 11.1 Å². The van der Waals surface area contributed by atoms with Crippen molar-refractivity contribution in [2.24, 2.45) is 0 Å². The normalized spacial score (nSPS) is 12.5. The number of hydrogen-bond donors (Lipinski definition) is 0. The minimum Gasteiger partial charge on any atom is -0.465 e. The Bertz CT molecular complexity index is 546. The van der Waals surface area contributed by atoms with Gasteiger partial charge < -0.3 is 4.74 Å². The Labute approximate surface area is 102 Å². The topological polar surface area (TPSA) is 60.4 Å². The highest BCUT2D eigenvalue weighted by Crippen LogP contribution is 2.39. The summed E-state index contributed by atoms with van der Waals surface area (Å²) in [6.45, 7) is 0. The van der Waals surface area contributed by atoms with E-state index in [-0.39, 0.29) is 11.3 Å². The first-order valence-electron chi connectivity index (χ1n) is 3.81. The quantitative estimate of drug-likeness (QED) is 0.622. The van der Waals surface area contributed by atoms with Crippen molar-refractivity contribution in [1.29, 1.82) is 0 Å². The molecule has 0 atom stereocenters. The molecular formula is C7H4ClF3O4S2. The van der Waals surface area contributed by atoms with Gasteiger partial charge in [0.25, 0.3) is 9.05 Å². The molecular weight excluding hydrogens is 305 g/mol. The van der Waals surface area contributed by atoms with Gasteiger partial charge in [-0.05, 0) is 6.07 Å². The van der Waals surface area contributed by atoms with E-state index >= 15 is 0 Å². The van der Waals surface area contributed by atoms with Crippen LogP contribution in [0.5, 0.6) is 0 Å². The van der Waals surface area contributed by atoms with E-state index in [0.717, 1.165) is 7.11 Å². The first-order valence-corrected chi connectivity index (χ1v) is 6.94. The number of ether oxygens (including phenoxy) is 1. The fraction of sp³-hybridized carbons (Fsp3) is 0.286. The second-order valence-corrected chi connectivity index (χ2v) is 6.32. The second-order valence-electron chi connectivity index (χ2n) is 2.73. The van der Waals surface area contributed by atoms with Crippen molar-refractivity contribution < 1.29 is 31.1 Å². The highest BCUT2D eigenvalue weighted by molar-refractivity contribution is 8.13. The van der Waals surface area contributed by atoms with E-state index in [4.69, 9.17) is 10.7 Å². The molecule has 0 unspecified atom stereocenters. The maximum atomic E-state index is 12.4. The van der Waals surface area contributed by atoms with Crippen LogP contribution in [0.15, 0.2) is 11.0 Å². The Morgan fingerprint density at radius 1 is 1.47 bits per heavy atom. The monoisotopic (exact) mass is 308 g/mol. The third-order valence-corrected chi connectivity index (χ3v) is 4.25. The van der Waals surface area contributed by atoms with Crippen molar-refractivity contribution in [3.63, 3.8) is 0 Å². The molecule has 96 valence electrons. The number of carbonyl (C=O) groups is 1. The molecule has 17 heavy (non-hydrogen) atoms. The predicted octanol–water partition coefficient (Wildman–Crippen LogP) is 2.48. The highest BCUT2D eigenvalue weighted by atomic mass is 35.7. The van der Waals surface area contributed by atoms with Crippen LogP contribution in [0, 0.1) is 0 Å².